The van der Waals surface area contributed by atoms with Gasteiger partial charge in [0, 0.05) is 25.0 Å². The summed E-state index contributed by atoms with van der Waals surface area (Å²) < 4.78 is 25.3. The third kappa shape index (κ3) is 2.80. The average molecular weight is 320 g/mol. The molecule has 5 nitrogen and oxygen atoms in total. The third-order valence-electron chi connectivity index (χ3n) is 5.15. The summed E-state index contributed by atoms with van der Waals surface area (Å²) in [4.78, 5) is 18.1. The lowest BCUT2D eigenvalue weighted by molar-refractivity contribution is -0.194. The van der Waals surface area contributed by atoms with Gasteiger partial charge in [-0.25, -0.2) is 9.37 Å². The van der Waals surface area contributed by atoms with Gasteiger partial charge >= 0.3 is 0 Å². The van der Waals surface area contributed by atoms with Gasteiger partial charge in [-0.15, -0.1) is 0 Å². The number of rotatable bonds is 3. The van der Waals surface area contributed by atoms with Crippen LogP contribution in [0.3, 0.4) is 0 Å². The summed E-state index contributed by atoms with van der Waals surface area (Å²) in [5.74, 6) is 0.598. The second kappa shape index (κ2) is 5.44. The van der Waals surface area contributed by atoms with Crippen molar-refractivity contribution in [3.8, 4) is 5.88 Å². The number of amides is 1. The molecule has 23 heavy (non-hydrogen) atoms. The van der Waals surface area contributed by atoms with Crippen LogP contribution < -0.4 is 4.74 Å². The summed E-state index contributed by atoms with van der Waals surface area (Å²) in [5, 5.41) is 0. The molecule has 0 bridgehead atoms. The van der Waals surface area contributed by atoms with E-state index >= 15 is 0 Å². The molecule has 0 unspecified atom stereocenters. The molecule has 0 aromatic carbocycles. The van der Waals surface area contributed by atoms with Crippen molar-refractivity contribution in [2.24, 2.45) is 11.8 Å². The van der Waals surface area contributed by atoms with Crippen molar-refractivity contribution in [2.75, 3.05) is 19.7 Å². The highest BCUT2D eigenvalue weighted by Gasteiger charge is 2.53. The Labute approximate surface area is 134 Å². The minimum atomic E-state index is -0.443. The largest absolute Gasteiger partial charge is 0.472 e. The monoisotopic (exact) mass is 320 g/mol. The van der Waals surface area contributed by atoms with E-state index in [1.54, 1.807) is 6.07 Å². The van der Waals surface area contributed by atoms with E-state index < -0.39 is 5.82 Å². The SMILES string of the molecule is C[C@@H]1C[C@H]1C(=O)N1CC2(C[C@H](Oc3ncccc3F)CCO2)C1. The van der Waals surface area contributed by atoms with Crippen molar-refractivity contribution in [2.45, 2.75) is 37.9 Å². The fourth-order valence-corrected chi connectivity index (χ4v) is 3.63. The molecule has 1 amide bonds. The average Bonchev–Trinajstić information content (AvgIpc) is 3.24. The van der Waals surface area contributed by atoms with Crippen molar-refractivity contribution in [1.29, 1.82) is 0 Å². The summed E-state index contributed by atoms with van der Waals surface area (Å²) in [6.07, 6.45) is 3.80. The van der Waals surface area contributed by atoms with E-state index in [-0.39, 0.29) is 29.4 Å². The van der Waals surface area contributed by atoms with Gasteiger partial charge in [0.2, 0.25) is 5.91 Å². The van der Waals surface area contributed by atoms with Crippen molar-refractivity contribution in [3.05, 3.63) is 24.1 Å². The Morgan fingerprint density at radius 1 is 1.52 bits per heavy atom. The number of ether oxygens (including phenoxy) is 2. The molecule has 1 saturated carbocycles. The summed E-state index contributed by atoms with van der Waals surface area (Å²) in [5.41, 5.74) is -0.317. The Morgan fingerprint density at radius 3 is 3.00 bits per heavy atom. The molecule has 0 N–H and O–H groups in total. The van der Waals surface area contributed by atoms with E-state index in [1.807, 2.05) is 4.90 Å². The van der Waals surface area contributed by atoms with Crippen LogP contribution in [-0.2, 0) is 9.53 Å². The number of halogens is 1. The lowest BCUT2D eigenvalue weighted by atomic mass is 9.84. The zero-order chi connectivity index (χ0) is 16.0. The Morgan fingerprint density at radius 2 is 2.30 bits per heavy atom. The van der Waals surface area contributed by atoms with Crippen molar-refractivity contribution in [3.63, 3.8) is 0 Å². The quantitative estimate of drug-likeness (QED) is 0.855. The van der Waals surface area contributed by atoms with Crippen molar-refractivity contribution in [1.82, 2.24) is 9.88 Å². The molecule has 1 aliphatic carbocycles. The predicted molar refractivity (Wildman–Crippen MR) is 80.4 cm³/mol. The number of carbonyl (C=O) groups excluding carboxylic acids is 1. The van der Waals surface area contributed by atoms with Crippen LogP contribution in [0, 0.1) is 17.7 Å². The highest BCUT2D eigenvalue weighted by atomic mass is 19.1. The van der Waals surface area contributed by atoms with E-state index in [0.29, 0.717) is 38.5 Å². The second-order valence-corrected chi connectivity index (χ2v) is 7.07. The van der Waals surface area contributed by atoms with Crippen molar-refractivity contribution < 1.29 is 18.7 Å². The molecule has 1 aromatic rings. The topological polar surface area (TPSA) is 51.7 Å². The van der Waals surface area contributed by atoms with Gasteiger partial charge in [0.05, 0.1) is 19.7 Å². The summed E-state index contributed by atoms with van der Waals surface area (Å²) in [6, 6.07) is 2.89. The van der Waals surface area contributed by atoms with Crippen LogP contribution in [-0.4, -0.2) is 47.2 Å². The number of aromatic nitrogens is 1. The fraction of sp³-hybridized carbons (Fsp3) is 0.647. The van der Waals surface area contributed by atoms with Gasteiger partial charge in [-0.1, -0.05) is 6.92 Å². The molecule has 2 aliphatic heterocycles. The van der Waals surface area contributed by atoms with E-state index in [1.165, 1.54) is 12.3 Å². The summed E-state index contributed by atoms with van der Waals surface area (Å²) >= 11 is 0. The van der Waals surface area contributed by atoms with Gasteiger partial charge in [0.15, 0.2) is 5.82 Å². The highest BCUT2D eigenvalue weighted by Crippen LogP contribution is 2.43. The first-order valence-electron chi connectivity index (χ1n) is 8.26. The molecular weight excluding hydrogens is 299 g/mol. The number of likely N-dealkylation sites (tertiary alicyclic amines) is 1. The molecule has 6 heteroatoms. The van der Waals surface area contributed by atoms with Crippen LogP contribution in [0.4, 0.5) is 4.39 Å². The zero-order valence-electron chi connectivity index (χ0n) is 13.2. The fourth-order valence-electron chi connectivity index (χ4n) is 3.63. The smallest absolute Gasteiger partial charge is 0.250 e. The number of hydrogen-bond donors (Lipinski definition) is 0. The van der Waals surface area contributed by atoms with E-state index in [2.05, 4.69) is 11.9 Å². The number of pyridine rings is 1. The normalized spacial score (nSPS) is 31.6. The Bertz CT molecular complexity index is 618. The first-order valence-corrected chi connectivity index (χ1v) is 8.26. The maximum Gasteiger partial charge on any atom is 0.250 e. The van der Waals surface area contributed by atoms with E-state index in [9.17, 15) is 9.18 Å². The summed E-state index contributed by atoms with van der Waals surface area (Å²) in [7, 11) is 0. The molecule has 1 aromatic heterocycles. The molecule has 3 fully saturated rings. The Kier molecular flexibility index (Phi) is 3.52. The molecular formula is C17H21FN2O3. The van der Waals surface area contributed by atoms with Crippen LogP contribution >= 0.6 is 0 Å². The predicted octanol–water partition coefficient (Wildman–Crippen LogP) is 2.02. The minimum absolute atomic E-state index is 0.0496. The first-order chi connectivity index (χ1) is 11.1. The molecule has 3 aliphatic rings. The lowest BCUT2D eigenvalue weighted by Gasteiger charge is -2.53. The van der Waals surface area contributed by atoms with Gasteiger partial charge in [0.25, 0.3) is 5.88 Å². The summed E-state index contributed by atoms with van der Waals surface area (Å²) in [6.45, 7) is 3.93. The number of nitrogens with zero attached hydrogens (tertiary/aromatic N) is 2. The number of hydrogen-bond acceptors (Lipinski definition) is 4. The molecule has 1 spiro atoms. The molecule has 3 atom stereocenters. The highest BCUT2D eigenvalue weighted by molar-refractivity contribution is 5.82. The van der Waals surface area contributed by atoms with E-state index in [4.69, 9.17) is 9.47 Å². The molecule has 3 heterocycles. The van der Waals surface area contributed by atoms with Crippen molar-refractivity contribution >= 4 is 5.91 Å². The van der Waals surface area contributed by atoms with Gasteiger partial charge < -0.3 is 14.4 Å². The van der Waals surface area contributed by atoms with E-state index in [0.717, 1.165) is 6.42 Å². The van der Waals surface area contributed by atoms with Gasteiger partial charge in [-0.2, -0.15) is 0 Å². The molecule has 2 saturated heterocycles. The Balaban J connectivity index is 1.35. The maximum atomic E-state index is 13.7. The van der Waals surface area contributed by atoms with Crippen LogP contribution in [0.2, 0.25) is 0 Å². The lowest BCUT2D eigenvalue weighted by Crippen LogP contribution is -2.67. The standard InChI is InChI=1S/C17H21FN2O3/c1-11-7-13(11)16(21)20-9-17(10-20)8-12(4-6-22-17)23-15-14(18)3-2-5-19-15/h2-3,5,11-13H,4,6-10H2,1H3/t11-,12-,13-/m1/s1. The zero-order valence-corrected chi connectivity index (χ0v) is 13.2. The second-order valence-electron chi connectivity index (χ2n) is 7.07. The maximum absolute atomic E-state index is 13.7. The van der Waals surface area contributed by atoms with Crippen LogP contribution in [0.1, 0.15) is 26.2 Å². The van der Waals surface area contributed by atoms with Crippen LogP contribution in [0.15, 0.2) is 18.3 Å². The molecule has 0 radical (unpaired) electrons. The van der Waals surface area contributed by atoms with Crippen LogP contribution in [0.5, 0.6) is 5.88 Å². The third-order valence-corrected chi connectivity index (χ3v) is 5.15. The first kappa shape index (κ1) is 14.9. The van der Waals surface area contributed by atoms with Crippen LogP contribution in [0.25, 0.3) is 0 Å². The number of carbonyl (C=O) groups is 1. The minimum Gasteiger partial charge on any atom is -0.472 e. The molecule has 124 valence electrons. The molecule has 4 rings (SSSR count). The van der Waals surface area contributed by atoms with Gasteiger partial charge in [0.1, 0.15) is 11.7 Å². The van der Waals surface area contributed by atoms with Gasteiger partial charge in [-0.05, 0) is 24.5 Å². The van der Waals surface area contributed by atoms with Gasteiger partial charge in [-0.3, -0.25) is 4.79 Å². The Hall–Kier alpha value is -1.69.